The molecular formula is C16H21F2N5O3. The highest BCUT2D eigenvalue weighted by Gasteiger charge is 2.12. The van der Waals surface area contributed by atoms with Gasteiger partial charge in [0.1, 0.15) is 11.5 Å². The predicted octanol–water partition coefficient (Wildman–Crippen LogP) is 1.90. The molecule has 0 unspecified atom stereocenters. The van der Waals surface area contributed by atoms with Crippen molar-refractivity contribution in [2.45, 2.75) is 26.5 Å². The zero-order valence-corrected chi connectivity index (χ0v) is 14.8. The van der Waals surface area contributed by atoms with E-state index in [4.69, 9.17) is 9.26 Å². The lowest BCUT2D eigenvalue weighted by molar-refractivity contribution is -0.0504. The molecule has 2 rings (SSSR count). The fraction of sp³-hybridized carbons (Fsp3) is 0.438. The fourth-order valence-electron chi connectivity index (χ4n) is 2.16. The van der Waals surface area contributed by atoms with E-state index in [1.54, 1.807) is 26.1 Å². The van der Waals surface area contributed by atoms with Gasteiger partial charge in [-0.3, -0.25) is 4.99 Å². The number of hydrogen-bond acceptors (Lipinski definition) is 6. The normalized spacial score (nSPS) is 11.5. The van der Waals surface area contributed by atoms with Gasteiger partial charge in [-0.25, -0.2) is 0 Å². The second-order valence-corrected chi connectivity index (χ2v) is 5.19. The number of guanidine groups is 1. The van der Waals surface area contributed by atoms with E-state index in [2.05, 4.69) is 30.5 Å². The molecule has 1 aromatic carbocycles. The fourth-order valence-corrected chi connectivity index (χ4v) is 2.16. The van der Waals surface area contributed by atoms with Gasteiger partial charge >= 0.3 is 6.61 Å². The Morgan fingerprint density at radius 3 is 2.77 bits per heavy atom. The van der Waals surface area contributed by atoms with Crippen LogP contribution >= 0.6 is 0 Å². The van der Waals surface area contributed by atoms with E-state index >= 15 is 0 Å². The van der Waals surface area contributed by atoms with Gasteiger partial charge in [0.2, 0.25) is 5.89 Å². The number of aromatic nitrogens is 2. The molecule has 0 atom stereocenters. The number of nitrogens with one attached hydrogen (secondary N) is 2. The van der Waals surface area contributed by atoms with Crippen molar-refractivity contribution in [2.75, 3.05) is 20.7 Å². The first-order valence-corrected chi connectivity index (χ1v) is 7.87. The number of benzene rings is 1. The van der Waals surface area contributed by atoms with Gasteiger partial charge in [0.05, 0.1) is 7.11 Å². The third-order valence-electron chi connectivity index (χ3n) is 3.35. The molecule has 1 heterocycles. The van der Waals surface area contributed by atoms with Gasteiger partial charge in [0.15, 0.2) is 11.8 Å². The first kappa shape index (κ1) is 19.4. The number of rotatable bonds is 8. The number of hydrogen-bond donors (Lipinski definition) is 2. The van der Waals surface area contributed by atoms with Crippen molar-refractivity contribution in [1.82, 2.24) is 20.8 Å². The summed E-state index contributed by atoms with van der Waals surface area (Å²) in [7, 11) is 3.11. The lowest BCUT2D eigenvalue weighted by atomic mass is 10.2. The van der Waals surface area contributed by atoms with Crippen molar-refractivity contribution in [3.8, 4) is 11.5 Å². The Hall–Kier alpha value is -2.91. The molecule has 0 bridgehead atoms. The third kappa shape index (κ3) is 5.87. The number of alkyl halides is 2. The number of methoxy groups -OCH3 is 1. The number of aliphatic imine (C=N–C) groups is 1. The van der Waals surface area contributed by atoms with Crippen molar-refractivity contribution < 1.29 is 22.8 Å². The van der Waals surface area contributed by atoms with Crippen LogP contribution in [0.4, 0.5) is 8.78 Å². The molecular weight excluding hydrogens is 348 g/mol. The summed E-state index contributed by atoms with van der Waals surface area (Å²) < 4.78 is 39.8. The maximum atomic E-state index is 12.5. The first-order valence-electron chi connectivity index (χ1n) is 7.87. The molecule has 2 aromatic rings. The number of aryl methyl sites for hydroxylation is 1. The molecule has 26 heavy (non-hydrogen) atoms. The van der Waals surface area contributed by atoms with Crippen LogP contribution in [0, 0.1) is 6.92 Å². The SMILES string of the molecule is CN=C(NCCc1nc(C)no1)NCc1cc(OC)ccc1OC(F)F. The maximum absolute atomic E-state index is 12.5. The average molecular weight is 369 g/mol. The summed E-state index contributed by atoms with van der Waals surface area (Å²) in [4.78, 5) is 8.19. The Morgan fingerprint density at radius 2 is 2.15 bits per heavy atom. The molecule has 0 amide bonds. The highest BCUT2D eigenvalue weighted by molar-refractivity contribution is 5.79. The third-order valence-corrected chi connectivity index (χ3v) is 3.35. The summed E-state index contributed by atoms with van der Waals surface area (Å²) in [5, 5.41) is 9.82. The highest BCUT2D eigenvalue weighted by atomic mass is 19.3. The zero-order chi connectivity index (χ0) is 18.9. The molecule has 10 heteroatoms. The predicted molar refractivity (Wildman–Crippen MR) is 90.6 cm³/mol. The lowest BCUT2D eigenvalue weighted by Gasteiger charge is -2.15. The molecule has 0 fully saturated rings. The van der Waals surface area contributed by atoms with Crippen LogP contribution in [0.25, 0.3) is 0 Å². The van der Waals surface area contributed by atoms with Crippen LogP contribution in [0.3, 0.4) is 0 Å². The minimum Gasteiger partial charge on any atom is -0.497 e. The van der Waals surface area contributed by atoms with E-state index in [1.807, 2.05) is 0 Å². The summed E-state index contributed by atoms with van der Waals surface area (Å²) in [6, 6.07) is 4.62. The van der Waals surface area contributed by atoms with E-state index in [0.29, 0.717) is 42.0 Å². The summed E-state index contributed by atoms with van der Waals surface area (Å²) in [6.07, 6.45) is 0.528. The van der Waals surface area contributed by atoms with Crippen LogP contribution < -0.4 is 20.1 Å². The molecule has 1 aromatic heterocycles. The van der Waals surface area contributed by atoms with Crippen LogP contribution in [0.5, 0.6) is 11.5 Å². The molecule has 0 spiro atoms. The molecule has 8 nitrogen and oxygen atoms in total. The van der Waals surface area contributed by atoms with Gasteiger partial charge in [-0.15, -0.1) is 0 Å². The lowest BCUT2D eigenvalue weighted by Crippen LogP contribution is -2.38. The molecule has 142 valence electrons. The van der Waals surface area contributed by atoms with Crippen LogP contribution in [-0.4, -0.2) is 43.4 Å². The van der Waals surface area contributed by atoms with Crippen molar-refractivity contribution in [2.24, 2.45) is 4.99 Å². The Labute approximate surface area is 149 Å². The minimum absolute atomic E-state index is 0.0742. The molecule has 0 saturated heterocycles. The van der Waals surface area contributed by atoms with E-state index in [1.165, 1.54) is 13.2 Å². The van der Waals surface area contributed by atoms with Crippen LogP contribution in [0.1, 0.15) is 17.3 Å². The molecule has 0 aliphatic rings. The van der Waals surface area contributed by atoms with Gasteiger partial charge in [-0.05, 0) is 25.1 Å². The quantitative estimate of drug-likeness (QED) is 0.542. The Balaban J connectivity index is 1.92. The van der Waals surface area contributed by atoms with E-state index in [0.717, 1.165) is 0 Å². The highest BCUT2D eigenvalue weighted by Crippen LogP contribution is 2.25. The average Bonchev–Trinajstić information content (AvgIpc) is 3.03. The van der Waals surface area contributed by atoms with E-state index < -0.39 is 6.61 Å². The van der Waals surface area contributed by atoms with Gasteiger partial charge in [0, 0.05) is 32.1 Å². The van der Waals surface area contributed by atoms with Crippen molar-refractivity contribution in [3.63, 3.8) is 0 Å². The smallest absolute Gasteiger partial charge is 0.387 e. The molecule has 2 N–H and O–H groups in total. The summed E-state index contributed by atoms with van der Waals surface area (Å²) >= 11 is 0. The standard InChI is InChI=1S/C16H21F2N5O3/c1-10-22-14(26-23-10)6-7-20-16(19-2)21-9-11-8-12(24-3)4-5-13(11)25-15(17)18/h4-5,8,15H,6-7,9H2,1-3H3,(H2,19,20,21). The van der Waals surface area contributed by atoms with Gasteiger partial charge in [-0.2, -0.15) is 13.8 Å². The topological polar surface area (TPSA) is 93.8 Å². The van der Waals surface area contributed by atoms with Crippen molar-refractivity contribution in [3.05, 3.63) is 35.5 Å². The maximum Gasteiger partial charge on any atom is 0.387 e. The summed E-state index contributed by atoms with van der Waals surface area (Å²) in [5.41, 5.74) is 0.514. The van der Waals surface area contributed by atoms with Crippen LogP contribution in [0.15, 0.2) is 27.7 Å². The second kappa shape index (κ2) is 9.54. The largest absolute Gasteiger partial charge is 0.497 e. The zero-order valence-electron chi connectivity index (χ0n) is 14.8. The number of halogens is 2. The Kier molecular flexibility index (Phi) is 7.12. The van der Waals surface area contributed by atoms with E-state index in [-0.39, 0.29) is 12.3 Å². The van der Waals surface area contributed by atoms with Gasteiger partial charge < -0.3 is 24.6 Å². The van der Waals surface area contributed by atoms with Crippen LogP contribution in [0.2, 0.25) is 0 Å². The Morgan fingerprint density at radius 1 is 1.35 bits per heavy atom. The molecule has 0 aliphatic heterocycles. The first-order chi connectivity index (χ1) is 12.5. The minimum atomic E-state index is -2.91. The summed E-state index contributed by atoms with van der Waals surface area (Å²) in [5.74, 6) is 2.20. The van der Waals surface area contributed by atoms with Crippen LogP contribution in [-0.2, 0) is 13.0 Å². The second-order valence-electron chi connectivity index (χ2n) is 5.19. The van der Waals surface area contributed by atoms with Crippen molar-refractivity contribution in [1.29, 1.82) is 0 Å². The summed E-state index contributed by atoms with van der Waals surface area (Å²) in [6.45, 7) is -0.426. The number of ether oxygens (including phenoxy) is 2. The molecule has 0 radical (unpaired) electrons. The Bertz CT molecular complexity index is 736. The molecule has 0 saturated carbocycles. The van der Waals surface area contributed by atoms with Gasteiger partial charge in [-0.1, -0.05) is 5.16 Å². The number of nitrogens with zero attached hydrogens (tertiary/aromatic N) is 3. The van der Waals surface area contributed by atoms with E-state index in [9.17, 15) is 8.78 Å². The monoisotopic (exact) mass is 369 g/mol. The molecule has 0 aliphatic carbocycles. The van der Waals surface area contributed by atoms with Gasteiger partial charge in [0.25, 0.3) is 0 Å². The van der Waals surface area contributed by atoms with Crippen molar-refractivity contribution >= 4 is 5.96 Å².